The van der Waals surface area contributed by atoms with Gasteiger partial charge < -0.3 is 43.0 Å². The Morgan fingerprint density at radius 1 is 0.486 bits per heavy atom. The largest absolute Gasteiger partial charge is 0.481 e. The quantitative estimate of drug-likeness (QED) is 0.125. The molecule has 1 N–H and O–H groups in total. The van der Waals surface area contributed by atoms with E-state index in [0.29, 0.717) is 92.1 Å². The normalized spacial score (nSPS) is 10.9. The van der Waals surface area contributed by atoms with E-state index in [9.17, 15) is 14.4 Å². The number of esters is 2. The molecule has 0 radical (unpaired) electrons. The van der Waals surface area contributed by atoms with Gasteiger partial charge in [-0.25, -0.2) is 0 Å². The molecule has 0 rings (SSSR count). The first-order valence-corrected chi connectivity index (χ1v) is 12.1. The lowest BCUT2D eigenvalue weighted by atomic mass is 10.2. The molecule has 35 heavy (non-hydrogen) atoms. The minimum absolute atomic E-state index is 0.0602. The smallest absolute Gasteiger partial charge is 0.308 e. The Morgan fingerprint density at radius 3 is 1.29 bits per heavy atom. The molecule has 0 aromatic heterocycles. The van der Waals surface area contributed by atoms with E-state index in [0.717, 1.165) is 0 Å². The van der Waals surface area contributed by atoms with Crippen molar-refractivity contribution in [2.24, 2.45) is 0 Å². The van der Waals surface area contributed by atoms with Crippen LogP contribution in [0.2, 0.25) is 0 Å². The maximum Gasteiger partial charge on any atom is 0.308 e. The van der Waals surface area contributed by atoms with Gasteiger partial charge >= 0.3 is 17.9 Å². The molecule has 206 valence electrons. The van der Waals surface area contributed by atoms with Crippen LogP contribution in [0.3, 0.4) is 0 Å². The third kappa shape index (κ3) is 28.3. The van der Waals surface area contributed by atoms with Crippen LogP contribution in [0.4, 0.5) is 0 Å². The molecule has 12 heteroatoms. The maximum atomic E-state index is 11.4. The van der Waals surface area contributed by atoms with E-state index >= 15 is 0 Å². The highest BCUT2D eigenvalue weighted by Gasteiger charge is 2.04. The number of carbonyl (C=O) groups is 3. The number of carboxylic acid groups (broad SMARTS) is 1. The summed E-state index contributed by atoms with van der Waals surface area (Å²) in [6.45, 7) is 7.27. The van der Waals surface area contributed by atoms with Gasteiger partial charge in [0.15, 0.2) is 0 Å². The molecule has 0 aromatic carbocycles. The zero-order valence-electron chi connectivity index (χ0n) is 20.9. The average Bonchev–Trinajstić information content (AvgIpc) is 2.82. The molecule has 0 unspecified atom stereocenters. The fraction of sp³-hybridized carbons (Fsp3) is 0.870. The zero-order chi connectivity index (χ0) is 25.8. The summed E-state index contributed by atoms with van der Waals surface area (Å²) < 4.78 is 41.8. The molecule has 0 saturated heterocycles. The highest BCUT2D eigenvalue weighted by atomic mass is 16.6. The molecule has 0 spiro atoms. The van der Waals surface area contributed by atoms with Crippen LogP contribution in [0.25, 0.3) is 0 Å². The zero-order valence-corrected chi connectivity index (χ0v) is 20.9. The Morgan fingerprint density at radius 2 is 0.857 bits per heavy atom. The summed E-state index contributed by atoms with van der Waals surface area (Å²) >= 11 is 0. The standard InChI is InChI=1S/C23H42O12/c1-2-34-23(27)7-8-28-9-10-29-11-12-30-13-14-31-15-16-32-17-18-33-19-20-35-22(26)6-4-3-5-21(24)25/h2-20H2,1H3,(H,24,25). The fourth-order valence-corrected chi connectivity index (χ4v) is 2.42. The molecule has 0 fully saturated rings. The summed E-state index contributed by atoms with van der Waals surface area (Å²) in [5.41, 5.74) is 0. The summed E-state index contributed by atoms with van der Waals surface area (Å²) in [5.74, 6) is -1.48. The van der Waals surface area contributed by atoms with E-state index in [4.69, 9.17) is 43.0 Å². The molecule has 0 atom stereocenters. The molecule has 0 bridgehead atoms. The molecule has 0 aliphatic carbocycles. The van der Waals surface area contributed by atoms with E-state index < -0.39 is 5.97 Å². The minimum Gasteiger partial charge on any atom is -0.481 e. The lowest BCUT2D eigenvalue weighted by Crippen LogP contribution is -2.15. The molecule has 0 heterocycles. The van der Waals surface area contributed by atoms with Crippen LogP contribution in [-0.4, -0.2) is 116 Å². The molecule has 0 saturated carbocycles. The van der Waals surface area contributed by atoms with Crippen molar-refractivity contribution in [1.82, 2.24) is 0 Å². The minimum atomic E-state index is -0.864. The Bertz CT molecular complexity index is 515. The van der Waals surface area contributed by atoms with Gasteiger partial charge in [-0.1, -0.05) is 0 Å². The van der Waals surface area contributed by atoms with Crippen molar-refractivity contribution >= 4 is 17.9 Å². The lowest BCUT2D eigenvalue weighted by molar-refractivity contribution is -0.146. The monoisotopic (exact) mass is 510 g/mol. The number of ether oxygens (including phenoxy) is 8. The average molecular weight is 511 g/mol. The van der Waals surface area contributed by atoms with Gasteiger partial charge in [-0.15, -0.1) is 0 Å². The van der Waals surface area contributed by atoms with Crippen molar-refractivity contribution in [2.45, 2.75) is 39.0 Å². The van der Waals surface area contributed by atoms with Crippen LogP contribution < -0.4 is 0 Å². The first-order chi connectivity index (χ1) is 17.1. The van der Waals surface area contributed by atoms with Crippen molar-refractivity contribution in [3.05, 3.63) is 0 Å². The highest BCUT2D eigenvalue weighted by molar-refractivity contribution is 5.70. The molecule has 0 aliphatic heterocycles. The molecule has 12 nitrogen and oxygen atoms in total. The van der Waals surface area contributed by atoms with Crippen LogP contribution >= 0.6 is 0 Å². The van der Waals surface area contributed by atoms with Crippen LogP contribution in [0.5, 0.6) is 0 Å². The second-order valence-corrected chi connectivity index (χ2v) is 7.05. The second-order valence-electron chi connectivity index (χ2n) is 7.05. The van der Waals surface area contributed by atoms with Crippen LogP contribution in [0, 0.1) is 0 Å². The third-order valence-electron chi connectivity index (χ3n) is 4.13. The third-order valence-corrected chi connectivity index (χ3v) is 4.13. The topological polar surface area (TPSA) is 145 Å². The second kappa shape index (κ2) is 26.8. The number of hydrogen-bond acceptors (Lipinski definition) is 11. The van der Waals surface area contributed by atoms with Gasteiger partial charge in [-0.05, 0) is 19.8 Å². The number of hydrogen-bond donors (Lipinski definition) is 1. The number of unbranched alkanes of at least 4 members (excludes halogenated alkanes) is 1. The summed E-state index contributed by atoms with van der Waals surface area (Å²) in [6, 6.07) is 0. The summed E-state index contributed by atoms with van der Waals surface area (Å²) in [6.07, 6.45) is 1.48. The Hall–Kier alpha value is -1.83. The lowest BCUT2D eigenvalue weighted by Gasteiger charge is -2.08. The Kier molecular flexibility index (Phi) is 25.4. The van der Waals surface area contributed by atoms with E-state index in [1.54, 1.807) is 6.92 Å². The Balaban J connectivity index is 3.14. The molecular weight excluding hydrogens is 468 g/mol. The van der Waals surface area contributed by atoms with Crippen LogP contribution in [-0.2, 0) is 52.3 Å². The number of carbonyl (C=O) groups excluding carboxylic acids is 2. The van der Waals surface area contributed by atoms with Crippen LogP contribution in [0.15, 0.2) is 0 Å². The van der Waals surface area contributed by atoms with E-state index in [1.165, 1.54) is 0 Å². The van der Waals surface area contributed by atoms with Crippen molar-refractivity contribution in [3.8, 4) is 0 Å². The molecule has 0 amide bonds. The maximum absolute atomic E-state index is 11.4. The molecule has 0 aliphatic rings. The summed E-state index contributed by atoms with van der Waals surface area (Å²) in [4.78, 5) is 32.9. The van der Waals surface area contributed by atoms with Crippen molar-refractivity contribution in [2.75, 3.05) is 92.5 Å². The van der Waals surface area contributed by atoms with Gasteiger partial charge in [0.1, 0.15) is 6.61 Å². The van der Waals surface area contributed by atoms with Crippen molar-refractivity contribution in [3.63, 3.8) is 0 Å². The van der Waals surface area contributed by atoms with E-state index in [-0.39, 0.29) is 44.4 Å². The van der Waals surface area contributed by atoms with Gasteiger partial charge in [0.25, 0.3) is 0 Å². The van der Waals surface area contributed by atoms with Gasteiger partial charge in [0.05, 0.1) is 92.3 Å². The number of rotatable bonds is 27. The van der Waals surface area contributed by atoms with Gasteiger partial charge in [0.2, 0.25) is 0 Å². The Labute approximate surface area is 207 Å². The summed E-state index contributed by atoms with van der Waals surface area (Å²) in [5, 5.41) is 8.51. The van der Waals surface area contributed by atoms with Gasteiger partial charge in [-0.2, -0.15) is 0 Å². The predicted octanol–water partition coefficient (Wildman–Crippen LogP) is 1.23. The number of carboxylic acids is 1. The first kappa shape index (κ1) is 33.2. The number of aliphatic carboxylic acids is 1. The van der Waals surface area contributed by atoms with Crippen LogP contribution in [0.1, 0.15) is 39.0 Å². The van der Waals surface area contributed by atoms with Crippen molar-refractivity contribution < 1.29 is 57.4 Å². The fourth-order valence-electron chi connectivity index (χ4n) is 2.42. The van der Waals surface area contributed by atoms with Gasteiger partial charge in [-0.3, -0.25) is 14.4 Å². The summed E-state index contributed by atoms with van der Waals surface area (Å²) in [7, 11) is 0. The SMILES string of the molecule is CCOC(=O)CCOCCOCCOCCOCCOCCOCCOC(=O)CCCCC(=O)O. The van der Waals surface area contributed by atoms with Crippen molar-refractivity contribution in [1.29, 1.82) is 0 Å². The molecule has 0 aromatic rings. The predicted molar refractivity (Wildman–Crippen MR) is 123 cm³/mol. The van der Waals surface area contributed by atoms with E-state index in [2.05, 4.69) is 0 Å². The van der Waals surface area contributed by atoms with Gasteiger partial charge in [0, 0.05) is 12.8 Å². The van der Waals surface area contributed by atoms with E-state index in [1.807, 2.05) is 0 Å². The molecular formula is C23H42O12. The first-order valence-electron chi connectivity index (χ1n) is 12.1. The highest BCUT2D eigenvalue weighted by Crippen LogP contribution is 2.01.